The number of aryl methyl sites for hydroxylation is 1. The number of carbonyl (C=O) groups is 2. The van der Waals surface area contributed by atoms with E-state index < -0.39 is 12.1 Å². The quantitative estimate of drug-likeness (QED) is 0.300. The normalized spacial score (nSPS) is 16.5. The van der Waals surface area contributed by atoms with Crippen molar-refractivity contribution < 1.29 is 24.2 Å². The minimum atomic E-state index is -0.956. The molecule has 0 bridgehead atoms. The summed E-state index contributed by atoms with van der Waals surface area (Å²) in [6.45, 7) is 2.56. The molecule has 3 aromatic carbocycles. The van der Waals surface area contributed by atoms with Crippen molar-refractivity contribution >= 4 is 23.0 Å². The molecule has 4 aromatic rings. The lowest BCUT2D eigenvalue weighted by Gasteiger charge is -2.23. The Morgan fingerprint density at radius 3 is 2.74 bits per heavy atom. The van der Waals surface area contributed by atoms with Crippen molar-refractivity contribution in [1.82, 2.24) is 9.88 Å². The Kier molecular flexibility index (Phi) is 7.38. The molecular formula is C31H30N2O5. The van der Waals surface area contributed by atoms with Crippen LogP contribution in [-0.4, -0.2) is 50.7 Å². The van der Waals surface area contributed by atoms with Gasteiger partial charge in [0.1, 0.15) is 5.52 Å². The van der Waals surface area contributed by atoms with Crippen LogP contribution in [0.1, 0.15) is 39.9 Å². The van der Waals surface area contributed by atoms with E-state index >= 15 is 0 Å². The Bertz CT molecular complexity index is 1490. The van der Waals surface area contributed by atoms with Crippen LogP contribution in [0.2, 0.25) is 0 Å². The highest BCUT2D eigenvalue weighted by Crippen LogP contribution is 2.26. The average Bonchev–Trinajstić information content (AvgIpc) is 3.49. The van der Waals surface area contributed by atoms with Crippen molar-refractivity contribution in [3.63, 3.8) is 0 Å². The van der Waals surface area contributed by atoms with Gasteiger partial charge >= 0.3 is 5.97 Å². The first-order valence-electron chi connectivity index (χ1n) is 12.8. The highest BCUT2D eigenvalue weighted by Gasteiger charge is 2.28. The van der Waals surface area contributed by atoms with E-state index in [2.05, 4.69) is 4.98 Å². The van der Waals surface area contributed by atoms with Crippen LogP contribution < -0.4 is 0 Å². The first kappa shape index (κ1) is 25.4. The van der Waals surface area contributed by atoms with E-state index in [-0.39, 0.29) is 17.5 Å². The highest BCUT2D eigenvalue weighted by atomic mass is 16.4. The lowest BCUT2D eigenvalue weighted by Crippen LogP contribution is -2.33. The summed E-state index contributed by atoms with van der Waals surface area (Å²) in [5.41, 5.74) is 5.72. The fourth-order valence-electron chi connectivity index (χ4n) is 4.86. The van der Waals surface area contributed by atoms with Crippen molar-refractivity contribution in [3.8, 4) is 11.5 Å². The van der Waals surface area contributed by atoms with Crippen molar-refractivity contribution in [2.45, 2.75) is 44.8 Å². The molecule has 0 saturated carbocycles. The molecular weight excluding hydrogens is 480 g/mol. The fraction of sp³-hybridized carbons (Fsp3) is 0.258. The van der Waals surface area contributed by atoms with Crippen molar-refractivity contribution in [2.24, 2.45) is 0 Å². The maximum atomic E-state index is 12.5. The summed E-state index contributed by atoms with van der Waals surface area (Å²) in [5.74, 6) is -0.309. The lowest BCUT2D eigenvalue weighted by atomic mass is 10.0. The Labute approximate surface area is 221 Å². The van der Waals surface area contributed by atoms with Crippen LogP contribution in [0.5, 0.6) is 0 Å². The number of hydrogen-bond donors (Lipinski definition) is 2. The van der Waals surface area contributed by atoms with Crippen LogP contribution >= 0.6 is 0 Å². The predicted molar refractivity (Wildman–Crippen MR) is 145 cm³/mol. The lowest BCUT2D eigenvalue weighted by molar-refractivity contribution is -0.128. The summed E-state index contributed by atoms with van der Waals surface area (Å²) in [5, 5.41) is 19.8. The van der Waals surface area contributed by atoms with Gasteiger partial charge in [0.25, 0.3) is 0 Å². The number of aliphatic hydroxyl groups is 1. The number of carboxylic acid groups (broad SMARTS) is 1. The molecule has 1 saturated heterocycles. The van der Waals surface area contributed by atoms with Gasteiger partial charge in [0.05, 0.1) is 17.7 Å². The first-order valence-corrected chi connectivity index (χ1v) is 12.8. The Morgan fingerprint density at radius 1 is 1.13 bits per heavy atom. The van der Waals surface area contributed by atoms with Gasteiger partial charge in [-0.2, -0.15) is 0 Å². The minimum absolute atomic E-state index is 0.0648. The second-order valence-corrected chi connectivity index (χ2v) is 9.79. The number of aromatic carboxylic acids is 1. The summed E-state index contributed by atoms with van der Waals surface area (Å²) < 4.78 is 5.95. The summed E-state index contributed by atoms with van der Waals surface area (Å²) in [6, 6.07) is 20.4. The molecule has 7 heteroatoms. The molecule has 1 aliphatic rings. The van der Waals surface area contributed by atoms with E-state index in [1.54, 1.807) is 30.3 Å². The standard InChI is InChI=1S/C31H30N2O5/c1-20-5-13-27-28(17-20)38-30(32-27)24-4-2-3-22(18-24)19-26(34)12-10-25-11-14-29(35)33(25)16-15-21-6-8-23(9-7-21)31(36)37/h2-10,12-13,17-18,25-26,34H,11,14-16,19H2,1H3,(H,36,37)/t25-,26+/m0/s1. The predicted octanol–water partition coefficient (Wildman–Crippen LogP) is 5.19. The van der Waals surface area contributed by atoms with Crippen LogP contribution in [0, 0.1) is 6.92 Å². The second-order valence-electron chi connectivity index (χ2n) is 9.79. The van der Waals surface area contributed by atoms with Gasteiger partial charge in [-0.3, -0.25) is 4.79 Å². The van der Waals surface area contributed by atoms with Crippen LogP contribution in [0.4, 0.5) is 0 Å². The van der Waals surface area contributed by atoms with E-state index in [9.17, 15) is 14.7 Å². The van der Waals surface area contributed by atoms with Gasteiger partial charge < -0.3 is 19.5 Å². The smallest absolute Gasteiger partial charge is 0.335 e. The molecule has 2 atom stereocenters. The van der Waals surface area contributed by atoms with Crippen LogP contribution in [0.25, 0.3) is 22.6 Å². The fourth-order valence-corrected chi connectivity index (χ4v) is 4.86. The largest absolute Gasteiger partial charge is 0.478 e. The third kappa shape index (κ3) is 5.84. The molecule has 1 aliphatic heterocycles. The number of benzene rings is 3. The maximum absolute atomic E-state index is 12.5. The van der Waals surface area contributed by atoms with Gasteiger partial charge in [-0.1, -0.05) is 42.5 Å². The molecule has 0 aliphatic carbocycles. The molecule has 38 heavy (non-hydrogen) atoms. The van der Waals surface area contributed by atoms with E-state index in [0.29, 0.717) is 38.1 Å². The zero-order valence-electron chi connectivity index (χ0n) is 21.2. The number of carbonyl (C=O) groups excluding carboxylic acids is 1. The number of carboxylic acids is 1. The van der Waals surface area contributed by atoms with E-state index in [1.807, 2.05) is 60.4 Å². The summed E-state index contributed by atoms with van der Waals surface area (Å²) in [4.78, 5) is 30.0. The molecule has 1 aromatic heterocycles. The van der Waals surface area contributed by atoms with E-state index in [4.69, 9.17) is 9.52 Å². The molecule has 0 radical (unpaired) electrons. The van der Waals surface area contributed by atoms with Crippen molar-refractivity contribution in [1.29, 1.82) is 0 Å². The molecule has 2 N–H and O–H groups in total. The summed E-state index contributed by atoms with van der Waals surface area (Å²) >= 11 is 0. The molecule has 1 fully saturated rings. The van der Waals surface area contributed by atoms with Gasteiger partial charge in [0.15, 0.2) is 5.58 Å². The highest BCUT2D eigenvalue weighted by molar-refractivity contribution is 5.87. The molecule has 0 spiro atoms. The summed E-state index contributed by atoms with van der Waals surface area (Å²) in [7, 11) is 0. The zero-order valence-corrected chi connectivity index (χ0v) is 21.2. The van der Waals surface area contributed by atoms with Gasteiger partial charge in [0.2, 0.25) is 11.8 Å². The molecule has 1 amide bonds. The minimum Gasteiger partial charge on any atom is -0.478 e. The van der Waals surface area contributed by atoms with Gasteiger partial charge in [0, 0.05) is 24.9 Å². The Hall–Kier alpha value is -4.23. The van der Waals surface area contributed by atoms with Gasteiger partial charge in [-0.15, -0.1) is 0 Å². The number of fused-ring (bicyclic) bond motifs is 1. The number of hydrogen-bond acceptors (Lipinski definition) is 5. The van der Waals surface area contributed by atoms with Crippen LogP contribution in [-0.2, 0) is 17.6 Å². The SMILES string of the molecule is Cc1ccc2nc(-c3cccc(C[C@H](O)C=C[C@H]4CCC(=O)N4CCc4ccc(C(=O)O)cc4)c3)oc2c1. The van der Waals surface area contributed by atoms with Crippen molar-refractivity contribution in [2.75, 3.05) is 6.54 Å². The van der Waals surface area contributed by atoms with Crippen LogP contribution in [0.3, 0.4) is 0 Å². The Morgan fingerprint density at radius 2 is 1.95 bits per heavy atom. The number of aromatic nitrogens is 1. The second kappa shape index (κ2) is 11.0. The zero-order chi connectivity index (χ0) is 26.6. The summed E-state index contributed by atoms with van der Waals surface area (Å²) in [6.07, 6.45) is 5.27. The number of likely N-dealkylation sites (tertiary alicyclic amines) is 1. The number of aliphatic hydroxyl groups excluding tert-OH is 1. The number of rotatable bonds is 9. The van der Waals surface area contributed by atoms with Gasteiger partial charge in [-0.05, 0) is 72.9 Å². The third-order valence-corrected chi connectivity index (χ3v) is 6.94. The number of amides is 1. The average molecular weight is 511 g/mol. The number of nitrogens with zero attached hydrogens (tertiary/aromatic N) is 2. The third-order valence-electron chi connectivity index (χ3n) is 6.94. The molecule has 0 unspecified atom stereocenters. The van der Waals surface area contributed by atoms with Crippen LogP contribution in [0.15, 0.2) is 83.3 Å². The monoisotopic (exact) mass is 510 g/mol. The molecule has 2 heterocycles. The molecule has 194 valence electrons. The Balaban J connectivity index is 1.20. The topological polar surface area (TPSA) is 104 Å². The first-order chi connectivity index (χ1) is 18.4. The van der Waals surface area contributed by atoms with Crippen molar-refractivity contribution in [3.05, 3.63) is 101 Å². The van der Waals surface area contributed by atoms with Gasteiger partial charge in [-0.25, -0.2) is 9.78 Å². The van der Waals surface area contributed by atoms with E-state index in [0.717, 1.165) is 33.4 Å². The van der Waals surface area contributed by atoms with E-state index in [1.165, 1.54) is 0 Å². The molecule has 5 rings (SSSR count). The molecule has 7 nitrogen and oxygen atoms in total. The number of oxazole rings is 1. The maximum Gasteiger partial charge on any atom is 0.335 e.